The maximum absolute atomic E-state index is 10.4. The van der Waals surface area contributed by atoms with Crippen molar-refractivity contribution in [3.63, 3.8) is 0 Å². The van der Waals surface area contributed by atoms with Crippen LogP contribution in [-0.2, 0) is 11.4 Å². The molecule has 0 bridgehead atoms. The maximum atomic E-state index is 10.4. The van der Waals surface area contributed by atoms with Crippen LogP contribution in [-0.4, -0.2) is 17.6 Å². The number of carbonyl (C=O) groups is 1. The molecule has 0 fully saturated rings. The van der Waals surface area contributed by atoms with E-state index in [1.54, 1.807) is 18.2 Å². The number of ether oxygens (including phenoxy) is 1. The first-order valence-corrected chi connectivity index (χ1v) is 4.75. The highest BCUT2D eigenvalue weighted by Gasteiger charge is 1.98. The summed E-state index contributed by atoms with van der Waals surface area (Å²) in [7, 11) is 0. The first kappa shape index (κ1) is 11.5. The van der Waals surface area contributed by atoms with E-state index in [0.717, 1.165) is 0 Å². The number of nitrogens with two attached hydrogens (primary N) is 1. The van der Waals surface area contributed by atoms with Crippen molar-refractivity contribution in [1.82, 2.24) is 0 Å². The van der Waals surface area contributed by atoms with Crippen molar-refractivity contribution in [1.29, 1.82) is 0 Å². The average Bonchev–Trinajstić information content (AvgIpc) is 2.24. The Morgan fingerprint density at radius 1 is 1.60 bits per heavy atom. The molecule has 0 aliphatic carbocycles. The highest BCUT2D eigenvalue weighted by molar-refractivity contribution is 5.73. The number of amides is 1. The first-order valence-electron chi connectivity index (χ1n) is 4.75. The van der Waals surface area contributed by atoms with Gasteiger partial charge in [-0.25, -0.2) is 0 Å². The fraction of sp³-hybridized carbons (Fsp3) is 0.364. The van der Waals surface area contributed by atoms with E-state index in [9.17, 15) is 4.79 Å². The van der Waals surface area contributed by atoms with Crippen LogP contribution in [0.4, 0.5) is 0 Å². The van der Waals surface area contributed by atoms with Gasteiger partial charge in [0.2, 0.25) is 5.91 Å². The lowest BCUT2D eigenvalue weighted by Crippen LogP contribution is -2.11. The van der Waals surface area contributed by atoms with Gasteiger partial charge in [0.1, 0.15) is 5.75 Å². The van der Waals surface area contributed by atoms with Crippen molar-refractivity contribution in [2.75, 3.05) is 6.61 Å². The molecule has 15 heavy (non-hydrogen) atoms. The molecule has 0 saturated carbocycles. The summed E-state index contributed by atoms with van der Waals surface area (Å²) in [5.41, 5.74) is 5.67. The summed E-state index contributed by atoms with van der Waals surface area (Å²) in [5, 5.41) is 8.86. The second kappa shape index (κ2) is 6.03. The molecular weight excluding hydrogens is 194 g/mol. The number of carbonyl (C=O) groups excluding carboxylic acids is 1. The van der Waals surface area contributed by atoms with Gasteiger partial charge in [0, 0.05) is 6.42 Å². The molecule has 1 aromatic rings. The fourth-order valence-corrected chi connectivity index (χ4v) is 1.11. The van der Waals surface area contributed by atoms with E-state index in [1.165, 1.54) is 0 Å². The Morgan fingerprint density at radius 3 is 3.07 bits per heavy atom. The monoisotopic (exact) mass is 208 g/mol. The molecule has 0 aliphatic rings. The van der Waals surface area contributed by atoms with Crippen LogP contribution >= 0.6 is 0 Å². The van der Waals surface area contributed by atoms with Crippen LogP contribution < -0.4 is 10.5 Å². The van der Waals surface area contributed by atoms with Crippen LogP contribution in [0.1, 0.15) is 18.4 Å². The summed E-state index contributed by atoms with van der Waals surface area (Å²) in [6, 6.07) is 8.02. The molecule has 1 radical (unpaired) electrons. The van der Waals surface area contributed by atoms with Crippen molar-refractivity contribution in [2.45, 2.75) is 19.4 Å². The summed E-state index contributed by atoms with van der Waals surface area (Å²) >= 11 is 0. The number of aliphatic hydroxyl groups is 1. The van der Waals surface area contributed by atoms with E-state index in [0.29, 0.717) is 30.8 Å². The Bertz CT molecular complexity index is 325. The van der Waals surface area contributed by atoms with Gasteiger partial charge in [0.05, 0.1) is 13.2 Å². The van der Waals surface area contributed by atoms with Crippen LogP contribution in [0.25, 0.3) is 0 Å². The van der Waals surface area contributed by atoms with Crippen molar-refractivity contribution in [3.8, 4) is 5.75 Å². The second-order valence-corrected chi connectivity index (χ2v) is 3.13. The Morgan fingerprint density at radius 2 is 2.40 bits per heavy atom. The van der Waals surface area contributed by atoms with Gasteiger partial charge >= 0.3 is 0 Å². The predicted octanol–water partition coefficient (Wildman–Crippen LogP) is 0.623. The summed E-state index contributed by atoms with van der Waals surface area (Å²) in [5.74, 6) is 0.346. The number of aliphatic hydroxyl groups excluding tert-OH is 1. The van der Waals surface area contributed by atoms with E-state index in [-0.39, 0.29) is 12.5 Å². The lowest BCUT2D eigenvalue weighted by atomic mass is 10.2. The minimum absolute atomic E-state index is 0.0571. The van der Waals surface area contributed by atoms with E-state index >= 15 is 0 Å². The third-order valence-corrected chi connectivity index (χ3v) is 1.84. The number of hydrogen-bond donors (Lipinski definition) is 2. The Labute approximate surface area is 88.7 Å². The van der Waals surface area contributed by atoms with Gasteiger partial charge in [0.25, 0.3) is 0 Å². The molecule has 0 spiro atoms. The van der Waals surface area contributed by atoms with Crippen LogP contribution in [0, 0.1) is 6.07 Å². The van der Waals surface area contributed by atoms with Crippen molar-refractivity contribution >= 4 is 5.91 Å². The Kier molecular flexibility index (Phi) is 4.63. The first-order chi connectivity index (χ1) is 7.22. The lowest BCUT2D eigenvalue weighted by molar-refractivity contribution is -0.118. The second-order valence-electron chi connectivity index (χ2n) is 3.13. The van der Waals surface area contributed by atoms with Crippen LogP contribution in [0.3, 0.4) is 0 Å². The van der Waals surface area contributed by atoms with Gasteiger partial charge < -0.3 is 15.6 Å². The Hall–Kier alpha value is -1.55. The summed E-state index contributed by atoms with van der Waals surface area (Å²) < 4.78 is 5.36. The molecule has 0 aromatic heterocycles. The molecule has 4 heteroatoms. The minimum Gasteiger partial charge on any atom is -0.494 e. The average molecular weight is 208 g/mol. The molecule has 1 amide bonds. The summed E-state index contributed by atoms with van der Waals surface area (Å²) in [6.07, 6.45) is 0.925. The maximum Gasteiger partial charge on any atom is 0.217 e. The zero-order valence-electron chi connectivity index (χ0n) is 8.40. The van der Waals surface area contributed by atoms with Gasteiger partial charge in [0.15, 0.2) is 0 Å². The van der Waals surface area contributed by atoms with Crippen LogP contribution in [0.15, 0.2) is 18.2 Å². The molecule has 81 valence electrons. The fourth-order valence-electron chi connectivity index (χ4n) is 1.11. The van der Waals surface area contributed by atoms with Crippen LogP contribution in [0.2, 0.25) is 0 Å². The van der Waals surface area contributed by atoms with Crippen molar-refractivity contribution in [2.24, 2.45) is 5.73 Å². The van der Waals surface area contributed by atoms with Crippen LogP contribution in [0.5, 0.6) is 5.75 Å². The molecule has 4 nitrogen and oxygen atoms in total. The quantitative estimate of drug-likeness (QED) is 0.673. The van der Waals surface area contributed by atoms with E-state index in [4.69, 9.17) is 15.6 Å². The van der Waals surface area contributed by atoms with Gasteiger partial charge in [-0.1, -0.05) is 6.07 Å². The molecule has 0 heterocycles. The zero-order chi connectivity index (χ0) is 11.1. The topological polar surface area (TPSA) is 72.6 Å². The largest absolute Gasteiger partial charge is 0.494 e. The molecule has 1 aromatic carbocycles. The summed E-state index contributed by atoms with van der Waals surface area (Å²) in [4.78, 5) is 10.4. The van der Waals surface area contributed by atoms with E-state index in [2.05, 4.69) is 6.07 Å². The van der Waals surface area contributed by atoms with Gasteiger partial charge in [-0.05, 0) is 30.2 Å². The number of rotatable bonds is 6. The van der Waals surface area contributed by atoms with Gasteiger partial charge in [-0.2, -0.15) is 0 Å². The number of hydrogen-bond acceptors (Lipinski definition) is 3. The lowest BCUT2D eigenvalue weighted by Gasteiger charge is -2.05. The van der Waals surface area contributed by atoms with Crippen molar-refractivity contribution < 1.29 is 14.6 Å². The SMILES string of the molecule is NC(=O)CCCOc1cc[c]c(CO)c1. The third-order valence-electron chi connectivity index (χ3n) is 1.84. The molecule has 0 atom stereocenters. The molecule has 3 N–H and O–H groups in total. The highest BCUT2D eigenvalue weighted by atomic mass is 16.5. The summed E-state index contributed by atoms with van der Waals surface area (Å²) in [6.45, 7) is 0.385. The molecule has 0 aliphatic heterocycles. The molecular formula is C11H14NO3. The highest BCUT2D eigenvalue weighted by Crippen LogP contribution is 2.13. The minimum atomic E-state index is -0.323. The third kappa shape index (κ3) is 4.46. The van der Waals surface area contributed by atoms with Crippen molar-refractivity contribution in [3.05, 3.63) is 29.8 Å². The normalized spacial score (nSPS) is 9.93. The zero-order valence-corrected chi connectivity index (χ0v) is 8.40. The standard InChI is InChI=1S/C11H14NO3/c12-11(14)5-2-6-15-10-4-1-3-9(7-10)8-13/h1,4,7,13H,2,5-6,8H2,(H2,12,14). The number of benzene rings is 1. The van der Waals surface area contributed by atoms with Gasteiger partial charge in [-0.3, -0.25) is 4.79 Å². The Balaban J connectivity index is 2.33. The van der Waals surface area contributed by atoms with E-state index in [1.807, 2.05) is 0 Å². The molecule has 0 saturated heterocycles. The smallest absolute Gasteiger partial charge is 0.217 e. The molecule has 1 rings (SSSR count). The van der Waals surface area contributed by atoms with E-state index < -0.39 is 0 Å². The molecule has 0 unspecified atom stereocenters. The predicted molar refractivity (Wildman–Crippen MR) is 55.1 cm³/mol. The van der Waals surface area contributed by atoms with Gasteiger partial charge in [-0.15, -0.1) is 0 Å². The number of primary amides is 1.